The van der Waals surface area contributed by atoms with Gasteiger partial charge in [0.2, 0.25) is 0 Å². The van der Waals surface area contributed by atoms with Gasteiger partial charge in [-0.05, 0) is 55.0 Å². The van der Waals surface area contributed by atoms with Gasteiger partial charge in [0.25, 0.3) is 0 Å². The predicted octanol–water partition coefficient (Wildman–Crippen LogP) is 6.95. The molecule has 0 spiro atoms. The summed E-state index contributed by atoms with van der Waals surface area (Å²) in [6.45, 7) is 2.98. The molecule has 5 heteroatoms. The number of azo groups is 1. The van der Waals surface area contributed by atoms with E-state index in [4.69, 9.17) is 9.15 Å². The Hall–Kier alpha value is -2.95. The molecule has 0 unspecified atom stereocenters. The Bertz CT molecular complexity index is 961. The second-order valence-corrected chi connectivity index (χ2v) is 6.79. The first-order chi connectivity index (χ1) is 13.7. The van der Waals surface area contributed by atoms with E-state index in [1.165, 1.54) is 38.2 Å². The molecule has 28 heavy (non-hydrogen) atoms. The molecule has 146 valence electrons. The van der Waals surface area contributed by atoms with E-state index in [9.17, 15) is 4.79 Å². The van der Waals surface area contributed by atoms with Gasteiger partial charge < -0.3 is 9.15 Å². The topological polar surface area (TPSA) is 64.2 Å². The van der Waals surface area contributed by atoms with E-state index < -0.39 is 0 Å². The van der Waals surface area contributed by atoms with Crippen LogP contribution in [-0.4, -0.2) is 6.61 Å². The Morgan fingerprint density at radius 1 is 0.821 bits per heavy atom. The molecule has 0 N–H and O–H groups in total. The van der Waals surface area contributed by atoms with Crippen molar-refractivity contribution in [3.8, 4) is 5.75 Å². The van der Waals surface area contributed by atoms with Crippen molar-refractivity contribution in [2.24, 2.45) is 10.2 Å². The van der Waals surface area contributed by atoms with Gasteiger partial charge in [-0.3, -0.25) is 0 Å². The minimum Gasteiger partial charge on any atom is -0.494 e. The van der Waals surface area contributed by atoms with Gasteiger partial charge in [-0.15, -0.1) is 0 Å². The Morgan fingerprint density at radius 3 is 2.36 bits per heavy atom. The standard InChI is InChI=1S/C23H26N2O3/c1-2-3-4-5-6-7-16-27-21-12-9-19(10-13-21)24-25-20-11-14-22-18(17-20)8-15-23(26)28-22/h8-15,17H,2-7,16H2,1H3. The van der Waals surface area contributed by atoms with Gasteiger partial charge in [-0.1, -0.05) is 39.0 Å². The van der Waals surface area contributed by atoms with Gasteiger partial charge in [0, 0.05) is 11.5 Å². The summed E-state index contributed by atoms with van der Waals surface area (Å²) in [6.07, 6.45) is 7.53. The monoisotopic (exact) mass is 378 g/mol. The first-order valence-corrected chi connectivity index (χ1v) is 9.93. The minimum absolute atomic E-state index is 0.360. The third kappa shape index (κ3) is 6.05. The zero-order valence-electron chi connectivity index (χ0n) is 16.3. The number of hydrogen-bond acceptors (Lipinski definition) is 5. The fourth-order valence-electron chi connectivity index (χ4n) is 2.92. The predicted molar refractivity (Wildman–Crippen MR) is 112 cm³/mol. The van der Waals surface area contributed by atoms with Crippen LogP contribution in [0.3, 0.4) is 0 Å². The molecule has 0 aliphatic heterocycles. The van der Waals surface area contributed by atoms with Crippen LogP contribution in [-0.2, 0) is 0 Å². The molecular formula is C23H26N2O3. The molecular weight excluding hydrogens is 352 g/mol. The number of rotatable bonds is 10. The summed E-state index contributed by atoms with van der Waals surface area (Å²) in [7, 11) is 0. The fourth-order valence-corrected chi connectivity index (χ4v) is 2.92. The van der Waals surface area contributed by atoms with Crippen LogP contribution >= 0.6 is 0 Å². The average molecular weight is 378 g/mol. The highest BCUT2D eigenvalue weighted by Crippen LogP contribution is 2.24. The summed E-state index contributed by atoms with van der Waals surface area (Å²) in [5.74, 6) is 0.855. The molecule has 2 aromatic carbocycles. The largest absolute Gasteiger partial charge is 0.494 e. The van der Waals surface area contributed by atoms with Crippen LogP contribution in [0.15, 0.2) is 74.0 Å². The molecule has 1 aromatic heterocycles. The van der Waals surface area contributed by atoms with Crippen molar-refractivity contribution in [3.05, 3.63) is 65.0 Å². The lowest BCUT2D eigenvalue weighted by atomic mass is 10.1. The third-order valence-electron chi connectivity index (χ3n) is 4.49. The number of unbranched alkanes of at least 4 members (excludes halogenated alkanes) is 5. The molecule has 3 rings (SSSR count). The molecule has 0 aliphatic carbocycles. The summed E-state index contributed by atoms with van der Waals surface area (Å²) in [6, 6.07) is 16.1. The van der Waals surface area contributed by atoms with Crippen LogP contribution < -0.4 is 10.4 Å². The van der Waals surface area contributed by atoms with Gasteiger partial charge in [-0.25, -0.2) is 4.79 Å². The average Bonchev–Trinajstić information content (AvgIpc) is 2.72. The number of hydrogen-bond donors (Lipinski definition) is 0. The van der Waals surface area contributed by atoms with E-state index in [0.717, 1.165) is 29.9 Å². The maximum atomic E-state index is 11.2. The van der Waals surface area contributed by atoms with E-state index in [-0.39, 0.29) is 5.63 Å². The van der Waals surface area contributed by atoms with E-state index in [0.29, 0.717) is 11.3 Å². The van der Waals surface area contributed by atoms with Crippen molar-refractivity contribution in [1.29, 1.82) is 0 Å². The van der Waals surface area contributed by atoms with Crippen LogP contribution in [0.25, 0.3) is 11.0 Å². The van der Waals surface area contributed by atoms with Crippen molar-refractivity contribution in [2.75, 3.05) is 6.61 Å². The normalized spacial score (nSPS) is 11.3. The van der Waals surface area contributed by atoms with Crippen LogP contribution in [0, 0.1) is 0 Å². The van der Waals surface area contributed by atoms with Crippen LogP contribution in [0.2, 0.25) is 0 Å². The van der Waals surface area contributed by atoms with Crippen molar-refractivity contribution < 1.29 is 9.15 Å². The Labute approximate surface area is 165 Å². The number of fused-ring (bicyclic) bond motifs is 1. The van der Waals surface area contributed by atoms with Gasteiger partial charge in [0.15, 0.2) is 0 Å². The SMILES string of the molecule is CCCCCCCCOc1ccc(N=Nc2ccc3oc(=O)ccc3c2)cc1. The Balaban J connectivity index is 1.50. The molecule has 0 atom stereocenters. The second kappa shape index (κ2) is 10.4. The maximum Gasteiger partial charge on any atom is 0.336 e. The third-order valence-corrected chi connectivity index (χ3v) is 4.49. The molecule has 0 saturated heterocycles. The molecule has 0 saturated carbocycles. The number of benzene rings is 2. The quantitative estimate of drug-likeness (QED) is 0.218. The molecule has 0 radical (unpaired) electrons. The van der Waals surface area contributed by atoms with Gasteiger partial charge >= 0.3 is 5.63 Å². The first-order valence-electron chi connectivity index (χ1n) is 9.93. The van der Waals surface area contributed by atoms with Crippen LogP contribution in [0.4, 0.5) is 11.4 Å². The van der Waals surface area contributed by atoms with E-state index in [2.05, 4.69) is 17.2 Å². The smallest absolute Gasteiger partial charge is 0.336 e. The first kappa shape index (κ1) is 19.8. The van der Waals surface area contributed by atoms with Gasteiger partial charge in [0.05, 0.1) is 18.0 Å². The van der Waals surface area contributed by atoms with E-state index >= 15 is 0 Å². The van der Waals surface area contributed by atoms with E-state index in [1.54, 1.807) is 18.2 Å². The summed E-state index contributed by atoms with van der Waals surface area (Å²) in [5.41, 5.74) is 1.63. The van der Waals surface area contributed by atoms with Crippen molar-refractivity contribution in [3.63, 3.8) is 0 Å². The molecule has 0 amide bonds. The number of nitrogens with zero attached hydrogens (tertiary/aromatic N) is 2. The highest BCUT2D eigenvalue weighted by molar-refractivity contribution is 5.79. The number of ether oxygens (including phenoxy) is 1. The minimum atomic E-state index is -0.360. The van der Waals surface area contributed by atoms with Crippen molar-refractivity contribution in [2.45, 2.75) is 45.4 Å². The maximum absolute atomic E-state index is 11.2. The van der Waals surface area contributed by atoms with Gasteiger partial charge in [-0.2, -0.15) is 10.2 Å². The zero-order chi connectivity index (χ0) is 19.6. The lowest BCUT2D eigenvalue weighted by molar-refractivity contribution is 0.304. The van der Waals surface area contributed by atoms with Crippen molar-refractivity contribution in [1.82, 2.24) is 0 Å². The highest BCUT2D eigenvalue weighted by Gasteiger charge is 1.99. The summed E-state index contributed by atoms with van der Waals surface area (Å²) >= 11 is 0. The fraction of sp³-hybridized carbons (Fsp3) is 0.348. The highest BCUT2D eigenvalue weighted by atomic mass is 16.5. The van der Waals surface area contributed by atoms with Crippen LogP contribution in [0.1, 0.15) is 45.4 Å². The Kier molecular flexibility index (Phi) is 7.36. The second-order valence-electron chi connectivity index (χ2n) is 6.79. The molecule has 0 bridgehead atoms. The van der Waals surface area contributed by atoms with Crippen LogP contribution in [0.5, 0.6) is 5.75 Å². The molecule has 0 aliphatic rings. The summed E-state index contributed by atoms with van der Waals surface area (Å²) in [4.78, 5) is 11.2. The Morgan fingerprint density at radius 2 is 1.54 bits per heavy atom. The van der Waals surface area contributed by atoms with E-state index in [1.807, 2.05) is 30.3 Å². The summed E-state index contributed by atoms with van der Waals surface area (Å²) in [5, 5.41) is 9.33. The molecule has 3 aromatic rings. The lowest BCUT2D eigenvalue weighted by Gasteiger charge is -2.06. The van der Waals surface area contributed by atoms with Gasteiger partial charge in [0.1, 0.15) is 11.3 Å². The van der Waals surface area contributed by atoms with Crippen molar-refractivity contribution >= 4 is 22.3 Å². The lowest BCUT2D eigenvalue weighted by Crippen LogP contribution is -1.96. The summed E-state index contributed by atoms with van der Waals surface area (Å²) < 4.78 is 10.9. The zero-order valence-corrected chi connectivity index (χ0v) is 16.3. The molecule has 1 heterocycles. The molecule has 0 fully saturated rings. The molecule has 5 nitrogen and oxygen atoms in total.